The van der Waals surface area contributed by atoms with Gasteiger partial charge in [0.15, 0.2) is 0 Å². The van der Waals surface area contributed by atoms with Gasteiger partial charge in [0, 0.05) is 50.7 Å². The minimum atomic E-state index is -2.10. The van der Waals surface area contributed by atoms with Gasteiger partial charge in [0.1, 0.15) is 0 Å². The maximum Gasteiger partial charge on any atom is 0.337 e. The van der Waals surface area contributed by atoms with Gasteiger partial charge in [-0.25, -0.2) is 0 Å². The lowest BCUT2D eigenvalue weighted by atomic mass is 10.3. The molecule has 0 saturated carbocycles. The van der Waals surface area contributed by atoms with E-state index in [0.717, 1.165) is 26.1 Å². The summed E-state index contributed by atoms with van der Waals surface area (Å²) in [5, 5.41) is 0. The second-order valence-corrected chi connectivity index (χ2v) is 13.9. The highest BCUT2D eigenvalue weighted by Crippen LogP contribution is 2.29. The van der Waals surface area contributed by atoms with Crippen LogP contribution < -0.4 is 0 Å². The maximum atomic E-state index is 5.96. The Morgan fingerprint density at radius 3 is 1.12 bits per heavy atom. The van der Waals surface area contributed by atoms with E-state index in [4.69, 9.17) is 22.4 Å². The van der Waals surface area contributed by atoms with E-state index in [1.165, 1.54) is 0 Å². The van der Waals surface area contributed by atoms with Gasteiger partial charge in [0.2, 0.25) is 0 Å². The van der Waals surface area contributed by atoms with Crippen molar-refractivity contribution in [3.8, 4) is 0 Å². The molecule has 0 saturated heterocycles. The number of rotatable bonds is 16. The summed E-state index contributed by atoms with van der Waals surface area (Å²) in [4.78, 5) is 0. The zero-order valence-corrected chi connectivity index (χ0v) is 19.9. The normalized spacial score (nSPS) is 15.4. The fourth-order valence-corrected chi connectivity index (χ4v) is 7.83. The van der Waals surface area contributed by atoms with Crippen LogP contribution in [0.5, 0.6) is 0 Å². The molecule has 0 rings (SSSR count). The van der Waals surface area contributed by atoms with Crippen LogP contribution in [0.2, 0.25) is 24.2 Å². The van der Waals surface area contributed by atoms with Gasteiger partial charge in [-0.1, -0.05) is 13.8 Å². The summed E-state index contributed by atoms with van der Waals surface area (Å²) >= 11 is 0. The molecule has 0 bridgehead atoms. The zero-order valence-electron chi connectivity index (χ0n) is 17.9. The first-order valence-corrected chi connectivity index (χ1v) is 14.7. The molecule has 0 amide bonds. The second-order valence-electron chi connectivity index (χ2n) is 6.76. The van der Waals surface area contributed by atoms with Gasteiger partial charge in [0.05, 0.1) is 0 Å². The molecule has 5 nitrogen and oxygen atoms in total. The summed E-state index contributed by atoms with van der Waals surface area (Å²) < 4.78 is 29.7. The van der Waals surface area contributed by atoms with E-state index in [-0.39, 0.29) is 0 Å². The minimum Gasteiger partial charge on any atom is -0.394 e. The van der Waals surface area contributed by atoms with Crippen LogP contribution in [-0.4, -0.2) is 56.8 Å². The fraction of sp³-hybridized carbons (Fsp3) is 1.00. The Morgan fingerprint density at radius 1 is 0.600 bits per heavy atom. The molecule has 0 heterocycles. The third kappa shape index (κ3) is 9.12. The van der Waals surface area contributed by atoms with Crippen molar-refractivity contribution < 1.29 is 22.4 Å². The van der Waals surface area contributed by atoms with Crippen molar-refractivity contribution in [1.82, 2.24) is 0 Å². The molecule has 0 radical (unpaired) electrons. The molecule has 25 heavy (non-hydrogen) atoms. The van der Waals surface area contributed by atoms with Crippen molar-refractivity contribution in [3.63, 3.8) is 0 Å². The Balaban J connectivity index is 4.22. The van der Waals surface area contributed by atoms with E-state index >= 15 is 0 Å². The van der Waals surface area contributed by atoms with Crippen LogP contribution in [0.1, 0.15) is 54.4 Å². The van der Waals surface area contributed by atoms with E-state index in [9.17, 15) is 0 Å². The van der Waals surface area contributed by atoms with E-state index in [1.54, 1.807) is 0 Å². The van der Waals surface area contributed by atoms with Gasteiger partial charge in [-0.3, -0.25) is 0 Å². The maximum absolute atomic E-state index is 5.96. The monoisotopic (exact) mass is 394 g/mol. The SMILES string of the molecule is CCO[Si](C)(OCC)C(C)CCOCCC(C)[Si](C)(OCC)OCC. The summed E-state index contributed by atoms with van der Waals surface area (Å²) in [5.74, 6) is 0. The first-order valence-electron chi connectivity index (χ1n) is 9.93. The van der Waals surface area contributed by atoms with Gasteiger partial charge in [-0.2, -0.15) is 0 Å². The first kappa shape index (κ1) is 25.2. The van der Waals surface area contributed by atoms with Gasteiger partial charge in [-0.05, 0) is 53.6 Å². The number of hydrogen-bond acceptors (Lipinski definition) is 5. The molecule has 0 aliphatic rings. The molecule has 0 spiro atoms. The van der Waals surface area contributed by atoms with Crippen molar-refractivity contribution in [2.24, 2.45) is 0 Å². The predicted octanol–water partition coefficient (Wildman–Crippen LogP) is 4.85. The van der Waals surface area contributed by atoms with Crippen LogP contribution in [0.15, 0.2) is 0 Å². The smallest absolute Gasteiger partial charge is 0.337 e. The van der Waals surface area contributed by atoms with E-state index in [1.807, 2.05) is 27.7 Å². The summed E-state index contributed by atoms with van der Waals surface area (Å²) in [6.45, 7) is 21.2. The van der Waals surface area contributed by atoms with Gasteiger partial charge < -0.3 is 22.4 Å². The molecule has 0 fully saturated rings. The fourth-order valence-electron chi connectivity index (χ4n) is 2.95. The van der Waals surface area contributed by atoms with E-state index in [0.29, 0.717) is 37.5 Å². The summed E-state index contributed by atoms with van der Waals surface area (Å²) in [7, 11) is -4.20. The van der Waals surface area contributed by atoms with Crippen molar-refractivity contribution >= 4 is 17.1 Å². The van der Waals surface area contributed by atoms with Crippen LogP contribution >= 0.6 is 0 Å². The highest BCUT2D eigenvalue weighted by atomic mass is 28.4. The molecule has 0 aromatic carbocycles. The molecule has 0 aliphatic carbocycles. The molecule has 0 aromatic heterocycles. The van der Waals surface area contributed by atoms with Crippen molar-refractivity contribution in [2.45, 2.75) is 78.6 Å². The molecule has 2 unspecified atom stereocenters. The topological polar surface area (TPSA) is 46.2 Å². The Bertz CT molecular complexity index is 289. The highest BCUT2D eigenvalue weighted by molar-refractivity contribution is 6.67. The largest absolute Gasteiger partial charge is 0.394 e. The van der Waals surface area contributed by atoms with Crippen LogP contribution in [0.4, 0.5) is 0 Å². The average Bonchev–Trinajstić information content (AvgIpc) is 2.55. The second kappa shape index (κ2) is 13.4. The first-order chi connectivity index (χ1) is 11.8. The quantitative estimate of drug-likeness (QED) is 0.276. The molecule has 0 N–H and O–H groups in total. The van der Waals surface area contributed by atoms with E-state index in [2.05, 4.69) is 26.9 Å². The standard InChI is InChI=1S/C18H42O5Si2/c1-9-20-24(7,21-10-2)17(5)13-15-19-16-14-18(6)25(8,22-11-3)23-12-4/h17-18H,9-16H2,1-8H3. The molecule has 0 aromatic rings. The Kier molecular flexibility index (Phi) is 13.5. The molecule has 0 aliphatic heterocycles. The molecule has 7 heteroatoms. The molecular weight excluding hydrogens is 352 g/mol. The Morgan fingerprint density at radius 2 is 0.880 bits per heavy atom. The summed E-state index contributed by atoms with van der Waals surface area (Å²) in [6.07, 6.45) is 1.95. The van der Waals surface area contributed by atoms with Gasteiger partial charge in [0.25, 0.3) is 0 Å². The van der Waals surface area contributed by atoms with Crippen LogP contribution in [-0.2, 0) is 22.4 Å². The third-order valence-electron chi connectivity index (χ3n) is 4.90. The molecule has 2 atom stereocenters. The Labute approximate surface area is 158 Å². The van der Waals surface area contributed by atoms with Crippen molar-refractivity contribution in [1.29, 1.82) is 0 Å². The Hall–Kier alpha value is 0.234. The van der Waals surface area contributed by atoms with Crippen LogP contribution in [0, 0.1) is 0 Å². The number of ether oxygens (including phenoxy) is 1. The lowest BCUT2D eigenvalue weighted by Crippen LogP contribution is -2.43. The van der Waals surface area contributed by atoms with Crippen LogP contribution in [0.3, 0.4) is 0 Å². The lowest BCUT2D eigenvalue weighted by molar-refractivity contribution is 0.113. The van der Waals surface area contributed by atoms with Crippen molar-refractivity contribution in [2.75, 3.05) is 39.6 Å². The lowest BCUT2D eigenvalue weighted by Gasteiger charge is -2.32. The van der Waals surface area contributed by atoms with Crippen molar-refractivity contribution in [3.05, 3.63) is 0 Å². The van der Waals surface area contributed by atoms with Gasteiger partial charge >= 0.3 is 17.1 Å². The third-order valence-corrected chi connectivity index (χ3v) is 12.5. The average molecular weight is 395 g/mol. The van der Waals surface area contributed by atoms with Gasteiger partial charge in [-0.15, -0.1) is 0 Å². The summed E-state index contributed by atoms with van der Waals surface area (Å²) in [6, 6.07) is 0. The van der Waals surface area contributed by atoms with Crippen LogP contribution in [0.25, 0.3) is 0 Å². The summed E-state index contributed by atoms with van der Waals surface area (Å²) in [5.41, 5.74) is 0.827. The molecular formula is C18H42O5Si2. The van der Waals surface area contributed by atoms with E-state index < -0.39 is 17.1 Å². The highest BCUT2D eigenvalue weighted by Gasteiger charge is 2.38. The predicted molar refractivity (Wildman–Crippen MR) is 109 cm³/mol. The molecule has 152 valence electrons. The minimum absolute atomic E-state index is 0.413. The zero-order chi connectivity index (χ0) is 19.3. The number of hydrogen-bond donors (Lipinski definition) is 0.